The molecule has 2 nitrogen and oxygen atoms in total. The van der Waals surface area contributed by atoms with Gasteiger partial charge in [-0.2, -0.15) is 0 Å². The van der Waals surface area contributed by atoms with E-state index in [1.165, 1.54) is 27.8 Å². The van der Waals surface area contributed by atoms with Gasteiger partial charge in [-0.25, -0.2) is 0 Å². The Balaban J connectivity index is 0.000000710. The van der Waals surface area contributed by atoms with E-state index in [-0.39, 0.29) is 0 Å². The molecule has 1 aliphatic rings. The zero-order chi connectivity index (χ0) is 21.3. The SMILES string of the molecule is C1CO1.Oc1ccc(Cc2ccccc2)c(Cc2ccccc2)c1Cc1ccccc1. The van der Waals surface area contributed by atoms with Crippen molar-refractivity contribution in [2.75, 3.05) is 13.2 Å². The fourth-order valence-corrected chi connectivity index (χ4v) is 3.73. The standard InChI is InChI=1S/C27H24O.C2H4O/c28-27-17-16-24(18-21-10-4-1-5-11-21)25(19-22-12-6-2-7-13-22)26(27)20-23-14-8-3-9-15-23;1-2-3-1/h1-17,28H,18-20H2;1-2H2. The highest BCUT2D eigenvalue weighted by molar-refractivity contribution is 5.50. The monoisotopic (exact) mass is 408 g/mol. The minimum atomic E-state index is 0.381. The van der Waals surface area contributed by atoms with Crippen LogP contribution in [0.15, 0.2) is 103 Å². The normalized spacial score (nSPS) is 12.0. The van der Waals surface area contributed by atoms with Crippen LogP contribution in [0.1, 0.15) is 33.4 Å². The zero-order valence-electron chi connectivity index (χ0n) is 17.7. The number of epoxide rings is 1. The Morgan fingerprint density at radius 2 is 0.935 bits per heavy atom. The molecule has 4 aromatic carbocycles. The van der Waals surface area contributed by atoms with Crippen LogP contribution in [0.5, 0.6) is 5.75 Å². The summed E-state index contributed by atoms with van der Waals surface area (Å²) in [5.74, 6) is 0.381. The Kier molecular flexibility index (Phi) is 7.15. The number of aromatic hydroxyl groups is 1. The van der Waals surface area contributed by atoms with Crippen LogP contribution in [0.4, 0.5) is 0 Å². The molecule has 0 spiro atoms. The van der Waals surface area contributed by atoms with Gasteiger partial charge < -0.3 is 9.84 Å². The first-order chi connectivity index (χ1) is 15.3. The van der Waals surface area contributed by atoms with Gasteiger partial charge in [0.1, 0.15) is 5.75 Å². The fraction of sp³-hybridized carbons (Fsp3) is 0.172. The highest BCUT2D eigenvalue weighted by Gasteiger charge is 2.15. The largest absolute Gasteiger partial charge is 0.508 e. The molecule has 1 N–H and O–H groups in total. The van der Waals surface area contributed by atoms with E-state index in [2.05, 4.69) is 83.6 Å². The van der Waals surface area contributed by atoms with Crippen LogP contribution in [0.25, 0.3) is 0 Å². The first-order valence-electron chi connectivity index (χ1n) is 10.8. The van der Waals surface area contributed by atoms with Gasteiger partial charge in [-0.3, -0.25) is 0 Å². The molecule has 2 heteroatoms. The summed E-state index contributed by atoms with van der Waals surface area (Å²) >= 11 is 0. The number of ether oxygens (including phenoxy) is 1. The number of hydrogen-bond acceptors (Lipinski definition) is 2. The molecule has 5 rings (SSSR count). The van der Waals surface area contributed by atoms with Crippen molar-refractivity contribution in [2.45, 2.75) is 19.3 Å². The molecule has 31 heavy (non-hydrogen) atoms. The topological polar surface area (TPSA) is 32.8 Å². The van der Waals surface area contributed by atoms with Crippen molar-refractivity contribution in [3.63, 3.8) is 0 Å². The van der Waals surface area contributed by atoms with Gasteiger partial charge in [-0.05, 0) is 46.7 Å². The Labute approximate surface area is 184 Å². The Morgan fingerprint density at radius 1 is 0.516 bits per heavy atom. The number of rotatable bonds is 6. The van der Waals surface area contributed by atoms with E-state index in [4.69, 9.17) is 0 Å². The van der Waals surface area contributed by atoms with Crippen LogP contribution in [0, 0.1) is 0 Å². The van der Waals surface area contributed by atoms with Crippen LogP contribution in [-0.2, 0) is 24.0 Å². The molecule has 4 aromatic rings. The summed E-state index contributed by atoms with van der Waals surface area (Å²) in [6.45, 7) is 2.00. The first-order valence-corrected chi connectivity index (χ1v) is 10.8. The highest BCUT2D eigenvalue weighted by atomic mass is 16.6. The summed E-state index contributed by atoms with van der Waals surface area (Å²) < 4.78 is 4.50. The van der Waals surface area contributed by atoms with Crippen molar-refractivity contribution in [3.8, 4) is 5.75 Å². The lowest BCUT2D eigenvalue weighted by molar-refractivity contribution is 0.468. The molecule has 0 bridgehead atoms. The molecule has 0 aliphatic carbocycles. The van der Waals surface area contributed by atoms with Gasteiger partial charge in [0.15, 0.2) is 0 Å². The molecule has 1 heterocycles. The molecule has 0 radical (unpaired) electrons. The van der Waals surface area contributed by atoms with Gasteiger partial charge in [-0.15, -0.1) is 0 Å². The first kappa shape index (κ1) is 20.9. The average molecular weight is 409 g/mol. The van der Waals surface area contributed by atoms with Crippen molar-refractivity contribution in [1.29, 1.82) is 0 Å². The maximum Gasteiger partial charge on any atom is 0.119 e. The van der Waals surface area contributed by atoms with Crippen LogP contribution >= 0.6 is 0 Å². The quantitative estimate of drug-likeness (QED) is 0.386. The summed E-state index contributed by atoms with van der Waals surface area (Å²) in [5, 5.41) is 10.7. The van der Waals surface area contributed by atoms with E-state index in [0.29, 0.717) is 5.75 Å². The summed E-state index contributed by atoms with van der Waals surface area (Å²) in [6.07, 6.45) is 2.42. The Hall–Kier alpha value is -3.36. The molecule has 1 saturated heterocycles. The molecule has 0 amide bonds. The van der Waals surface area contributed by atoms with Gasteiger partial charge in [0.05, 0.1) is 13.2 Å². The maximum atomic E-state index is 10.7. The van der Waals surface area contributed by atoms with Gasteiger partial charge >= 0.3 is 0 Å². The third-order valence-electron chi connectivity index (χ3n) is 5.39. The second-order valence-electron chi connectivity index (χ2n) is 7.80. The van der Waals surface area contributed by atoms with E-state index in [9.17, 15) is 5.11 Å². The van der Waals surface area contributed by atoms with Gasteiger partial charge in [0, 0.05) is 12.0 Å². The molecule has 0 saturated carbocycles. The average Bonchev–Trinajstić information content (AvgIpc) is 3.70. The second kappa shape index (κ2) is 10.6. The van der Waals surface area contributed by atoms with Gasteiger partial charge in [-0.1, -0.05) is 97.1 Å². The van der Waals surface area contributed by atoms with Crippen LogP contribution in [-0.4, -0.2) is 18.3 Å². The van der Waals surface area contributed by atoms with Crippen molar-refractivity contribution >= 4 is 0 Å². The molecule has 1 fully saturated rings. The van der Waals surface area contributed by atoms with Gasteiger partial charge in [0.2, 0.25) is 0 Å². The maximum absolute atomic E-state index is 10.7. The summed E-state index contributed by atoms with van der Waals surface area (Å²) in [7, 11) is 0. The lowest BCUT2D eigenvalue weighted by Gasteiger charge is -2.17. The van der Waals surface area contributed by atoms with Crippen molar-refractivity contribution in [3.05, 3.63) is 137 Å². The molecular formula is C29H28O2. The summed E-state index contributed by atoms with van der Waals surface area (Å²) in [4.78, 5) is 0. The molecule has 1 aliphatic heterocycles. The van der Waals surface area contributed by atoms with Crippen molar-refractivity contribution in [2.24, 2.45) is 0 Å². The minimum absolute atomic E-state index is 0.381. The molecular weight excluding hydrogens is 380 g/mol. The molecule has 156 valence electrons. The van der Waals surface area contributed by atoms with Crippen LogP contribution in [0.3, 0.4) is 0 Å². The number of benzene rings is 4. The highest BCUT2D eigenvalue weighted by Crippen LogP contribution is 2.30. The fourth-order valence-electron chi connectivity index (χ4n) is 3.73. The molecule has 0 unspecified atom stereocenters. The van der Waals surface area contributed by atoms with E-state index in [0.717, 1.165) is 38.0 Å². The number of phenolic OH excluding ortho intramolecular Hbond substituents is 1. The third kappa shape index (κ3) is 6.31. The number of hydrogen-bond donors (Lipinski definition) is 1. The van der Waals surface area contributed by atoms with E-state index in [1.807, 2.05) is 24.3 Å². The second-order valence-corrected chi connectivity index (χ2v) is 7.80. The van der Waals surface area contributed by atoms with E-state index < -0.39 is 0 Å². The predicted octanol–water partition coefficient (Wildman–Crippen LogP) is 6.18. The number of phenols is 1. The third-order valence-corrected chi connectivity index (χ3v) is 5.39. The van der Waals surface area contributed by atoms with Crippen molar-refractivity contribution in [1.82, 2.24) is 0 Å². The van der Waals surface area contributed by atoms with Crippen LogP contribution in [0.2, 0.25) is 0 Å². The predicted molar refractivity (Wildman–Crippen MR) is 127 cm³/mol. The molecule has 0 aromatic heterocycles. The minimum Gasteiger partial charge on any atom is -0.508 e. The lowest BCUT2D eigenvalue weighted by atomic mass is 9.88. The summed E-state index contributed by atoms with van der Waals surface area (Å²) in [5.41, 5.74) is 7.30. The van der Waals surface area contributed by atoms with Crippen molar-refractivity contribution < 1.29 is 9.84 Å². The zero-order valence-corrected chi connectivity index (χ0v) is 17.7. The Morgan fingerprint density at radius 3 is 1.39 bits per heavy atom. The van der Waals surface area contributed by atoms with E-state index >= 15 is 0 Å². The van der Waals surface area contributed by atoms with Crippen LogP contribution < -0.4 is 0 Å². The molecule has 0 atom stereocenters. The summed E-state index contributed by atoms with van der Waals surface area (Å²) in [6, 6.07) is 35.3. The lowest BCUT2D eigenvalue weighted by Crippen LogP contribution is -2.04. The van der Waals surface area contributed by atoms with Gasteiger partial charge in [0.25, 0.3) is 0 Å². The smallest absolute Gasteiger partial charge is 0.119 e. The van der Waals surface area contributed by atoms with E-state index in [1.54, 1.807) is 0 Å². The Bertz CT molecular complexity index is 1070.